The summed E-state index contributed by atoms with van der Waals surface area (Å²) in [7, 11) is 2.07. The number of allylic oxidation sites excluding steroid dienone is 2. The van der Waals surface area contributed by atoms with Crippen LogP contribution in [0.3, 0.4) is 0 Å². The lowest BCUT2D eigenvalue weighted by Gasteiger charge is -2.25. The van der Waals surface area contributed by atoms with Gasteiger partial charge in [-0.1, -0.05) is 0 Å². The molecule has 1 aromatic heterocycles. The van der Waals surface area contributed by atoms with Gasteiger partial charge in [-0.2, -0.15) is 4.99 Å². The van der Waals surface area contributed by atoms with Crippen molar-refractivity contribution in [1.82, 2.24) is 9.55 Å². The zero-order valence-electron chi connectivity index (χ0n) is 9.29. The molecule has 0 radical (unpaired) electrons. The molecule has 0 saturated carbocycles. The Kier molecular flexibility index (Phi) is 2.34. The number of fused-ring (bicyclic) bond motifs is 1. The summed E-state index contributed by atoms with van der Waals surface area (Å²) < 4.78 is 3.42. The van der Waals surface area contributed by atoms with Crippen molar-refractivity contribution >= 4 is 26.9 Å². The van der Waals surface area contributed by atoms with Crippen molar-refractivity contribution in [3.8, 4) is 0 Å². The second-order valence-electron chi connectivity index (χ2n) is 4.10. The fourth-order valence-electron chi connectivity index (χ4n) is 1.93. The molecule has 3 rings (SSSR count). The second kappa shape index (κ2) is 3.75. The third-order valence-electron chi connectivity index (χ3n) is 2.95. The third kappa shape index (κ3) is 1.60. The zero-order valence-corrected chi connectivity index (χ0v) is 10.9. The molecule has 0 amide bonds. The summed E-state index contributed by atoms with van der Waals surface area (Å²) in [6.45, 7) is 0.706. The summed E-state index contributed by atoms with van der Waals surface area (Å²) in [5.74, 6) is 0. The van der Waals surface area contributed by atoms with Crippen molar-refractivity contribution < 1.29 is 4.48 Å². The first-order valence-electron chi connectivity index (χ1n) is 5.21. The fraction of sp³-hybridized carbons (Fsp3) is 0.182. The molecular weight excluding hydrogens is 282 g/mol. The topological polar surface area (TPSA) is 42.5 Å². The first kappa shape index (κ1) is 10.6. The van der Waals surface area contributed by atoms with Crippen LogP contribution in [0.4, 0.5) is 0 Å². The number of imidazole rings is 1. The van der Waals surface area contributed by atoms with Crippen LogP contribution < -0.4 is 0 Å². The van der Waals surface area contributed by atoms with Crippen molar-refractivity contribution in [3.63, 3.8) is 0 Å². The number of aliphatic imine (C=N–C) groups is 2. The molecule has 0 saturated heterocycles. The Bertz CT molecular complexity index is 567. The van der Waals surface area contributed by atoms with E-state index in [4.69, 9.17) is 0 Å². The van der Waals surface area contributed by atoms with Gasteiger partial charge in [-0.05, 0) is 0 Å². The van der Waals surface area contributed by atoms with Gasteiger partial charge >= 0.3 is 0 Å². The van der Waals surface area contributed by atoms with Crippen LogP contribution in [0, 0.1) is 0 Å². The van der Waals surface area contributed by atoms with Gasteiger partial charge in [0.1, 0.15) is 11.9 Å². The first-order chi connectivity index (χ1) is 8.20. The molecule has 6 heteroatoms. The fourth-order valence-corrected chi connectivity index (χ4v) is 2.45. The van der Waals surface area contributed by atoms with Gasteiger partial charge in [0.15, 0.2) is 5.70 Å². The minimum absolute atomic E-state index is 0.549. The molecule has 3 heterocycles. The summed E-state index contributed by atoms with van der Waals surface area (Å²) >= 11 is 3.52. The Labute approximate surface area is 107 Å². The Hall–Kier alpha value is -1.53. The van der Waals surface area contributed by atoms with E-state index in [2.05, 4.69) is 37.9 Å². The van der Waals surface area contributed by atoms with Crippen molar-refractivity contribution in [1.29, 1.82) is 0 Å². The van der Waals surface area contributed by atoms with Crippen molar-refractivity contribution in [3.05, 3.63) is 42.5 Å². The van der Waals surface area contributed by atoms with Gasteiger partial charge in [-0.15, -0.1) is 0 Å². The van der Waals surface area contributed by atoms with Crippen molar-refractivity contribution in [2.24, 2.45) is 9.98 Å². The molecule has 0 N–H and O–H groups in total. The van der Waals surface area contributed by atoms with E-state index in [0.29, 0.717) is 11.0 Å². The predicted octanol–water partition coefficient (Wildman–Crippen LogP) is 1.86. The number of quaternary nitrogens is 1. The quantitative estimate of drug-likeness (QED) is 0.606. The summed E-state index contributed by atoms with van der Waals surface area (Å²) in [5, 5.41) is 0. The van der Waals surface area contributed by atoms with Crippen molar-refractivity contribution in [2.75, 3.05) is 7.05 Å². The maximum absolute atomic E-state index is 4.57. The smallest absolute Gasteiger partial charge is 0.281 e. The minimum Gasteiger partial charge on any atom is -0.331 e. The van der Waals surface area contributed by atoms with Crippen LogP contribution in [-0.2, 0) is 6.54 Å². The average Bonchev–Trinajstić information content (AvgIpc) is 2.88. The molecule has 1 unspecified atom stereocenters. The van der Waals surface area contributed by atoms with E-state index in [-0.39, 0.29) is 0 Å². The molecule has 0 spiro atoms. The Balaban J connectivity index is 2.02. The van der Waals surface area contributed by atoms with Gasteiger partial charge < -0.3 is 4.57 Å². The van der Waals surface area contributed by atoms with Crippen LogP contribution in [0.2, 0.25) is 0 Å². The molecule has 5 nitrogen and oxygen atoms in total. The molecule has 86 valence electrons. The van der Waals surface area contributed by atoms with Crippen molar-refractivity contribution in [2.45, 2.75) is 6.54 Å². The molecule has 2 aliphatic heterocycles. The van der Waals surface area contributed by atoms with E-state index in [1.165, 1.54) is 0 Å². The summed E-state index contributed by atoms with van der Waals surface area (Å²) in [5.41, 5.74) is 2.10. The second-order valence-corrected chi connectivity index (χ2v) is 4.81. The molecule has 0 fully saturated rings. The van der Waals surface area contributed by atoms with E-state index in [9.17, 15) is 0 Å². The average molecular weight is 293 g/mol. The standard InChI is InChI=1S/C11H11BrN5/c1-17-5-3-13-6-10(17)9(15-11(17)12)7-16-4-2-14-8-16/h2-6,8H,7H2,1H3/q+1. The largest absolute Gasteiger partial charge is 0.331 e. The maximum atomic E-state index is 4.57. The molecule has 0 bridgehead atoms. The number of hydrogen-bond donors (Lipinski definition) is 0. The molecule has 17 heavy (non-hydrogen) atoms. The Morgan fingerprint density at radius 3 is 3.12 bits per heavy atom. The number of halogens is 1. The number of aromatic nitrogens is 2. The highest BCUT2D eigenvalue weighted by atomic mass is 79.9. The summed E-state index contributed by atoms with van der Waals surface area (Å²) in [4.78, 5) is 12.8. The highest BCUT2D eigenvalue weighted by Gasteiger charge is 2.39. The van der Waals surface area contributed by atoms with Crippen LogP contribution in [-0.4, -0.2) is 32.0 Å². The van der Waals surface area contributed by atoms with Gasteiger partial charge in [0.05, 0.1) is 32.3 Å². The van der Waals surface area contributed by atoms with Gasteiger partial charge in [-0.25, -0.2) is 9.47 Å². The lowest BCUT2D eigenvalue weighted by molar-refractivity contribution is -0.709. The first-order valence-corrected chi connectivity index (χ1v) is 6.01. The highest BCUT2D eigenvalue weighted by molar-refractivity contribution is 9.18. The number of rotatable bonds is 2. The molecule has 0 aromatic carbocycles. The SMILES string of the molecule is C[N+]12C=CN=CC1=C(Cn1ccnc1)N=C2Br. The predicted molar refractivity (Wildman–Crippen MR) is 69.4 cm³/mol. The van der Waals surface area contributed by atoms with E-state index in [1.807, 2.05) is 23.2 Å². The van der Waals surface area contributed by atoms with Crippen LogP contribution in [0.5, 0.6) is 0 Å². The summed E-state index contributed by atoms with van der Waals surface area (Å²) in [6, 6.07) is 0. The van der Waals surface area contributed by atoms with E-state index < -0.39 is 0 Å². The van der Waals surface area contributed by atoms with E-state index >= 15 is 0 Å². The van der Waals surface area contributed by atoms with E-state index in [0.717, 1.165) is 16.1 Å². The molecule has 0 aliphatic carbocycles. The summed E-state index contributed by atoms with van der Waals surface area (Å²) in [6.07, 6.45) is 11.1. The molecule has 1 atom stereocenters. The molecular formula is C11H11BrN5+. The zero-order chi connectivity index (χ0) is 11.9. The molecule has 2 aliphatic rings. The monoisotopic (exact) mass is 292 g/mol. The number of hydrogen-bond acceptors (Lipinski definition) is 3. The van der Waals surface area contributed by atoms with Crippen LogP contribution in [0.15, 0.2) is 52.5 Å². The Morgan fingerprint density at radius 1 is 1.47 bits per heavy atom. The minimum atomic E-state index is 0.549. The number of amidine groups is 1. The lowest BCUT2D eigenvalue weighted by atomic mass is 10.3. The molecule has 1 aromatic rings. The van der Waals surface area contributed by atoms with Gasteiger partial charge in [0, 0.05) is 28.3 Å². The maximum Gasteiger partial charge on any atom is 0.281 e. The Morgan fingerprint density at radius 2 is 2.35 bits per heavy atom. The van der Waals surface area contributed by atoms with Crippen LogP contribution in [0.1, 0.15) is 0 Å². The van der Waals surface area contributed by atoms with Crippen LogP contribution >= 0.6 is 15.9 Å². The van der Waals surface area contributed by atoms with Gasteiger partial charge in [0.25, 0.3) is 4.74 Å². The van der Waals surface area contributed by atoms with Crippen LogP contribution in [0.25, 0.3) is 0 Å². The third-order valence-corrected chi connectivity index (χ3v) is 3.86. The highest BCUT2D eigenvalue weighted by Crippen LogP contribution is 2.32. The number of nitrogens with zero attached hydrogens (tertiary/aromatic N) is 5. The van der Waals surface area contributed by atoms with Gasteiger partial charge in [-0.3, -0.25) is 4.99 Å². The normalized spacial score (nSPS) is 26.4. The lowest BCUT2D eigenvalue weighted by Crippen LogP contribution is -2.39. The van der Waals surface area contributed by atoms with E-state index in [1.54, 1.807) is 18.7 Å². The van der Waals surface area contributed by atoms with Gasteiger partial charge in [0.2, 0.25) is 0 Å².